The number of esters is 1. The maximum Gasteiger partial charge on any atom is 0.334 e. The van der Waals surface area contributed by atoms with E-state index < -0.39 is 18.0 Å². The standard InChI is InChI=1S/C15H22O5/c1-7-4-11-9(8(2)13(17)19-11)6-15(3)10(7)5-12(16)20-14(15)18/h7,9-12,14,16,18H,2,4-6H2,1,3H3/t7-,9-,10+,11-,12-,14+,15+/m1/s1. The summed E-state index contributed by atoms with van der Waals surface area (Å²) in [5, 5.41) is 20.1. The van der Waals surface area contributed by atoms with Crippen molar-refractivity contribution in [2.24, 2.45) is 23.2 Å². The highest BCUT2D eigenvalue weighted by Crippen LogP contribution is 2.54. The fourth-order valence-electron chi connectivity index (χ4n) is 4.31. The molecular weight excluding hydrogens is 260 g/mol. The quantitative estimate of drug-likeness (QED) is 0.515. The minimum absolute atomic E-state index is 0.0616. The third kappa shape index (κ3) is 1.91. The second-order valence-corrected chi connectivity index (χ2v) is 6.78. The van der Waals surface area contributed by atoms with Crippen LogP contribution in [0.5, 0.6) is 0 Å². The molecule has 1 aliphatic carbocycles. The Kier molecular flexibility index (Phi) is 3.19. The Balaban J connectivity index is 1.96. The predicted octanol–water partition coefficient (Wildman–Crippen LogP) is 1.19. The molecule has 0 aromatic heterocycles. The zero-order chi connectivity index (χ0) is 14.7. The van der Waals surface area contributed by atoms with Gasteiger partial charge in [0.2, 0.25) is 0 Å². The maximum absolute atomic E-state index is 11.7. The van der Waals surface area contributed by atoms with Crippen LogP contribution in [0, 0.1) is 23.2 Å². The highest BCUT2D eigenvalue weighted by molar-refractivity contribution is 5.90. The third-order valence-corrected chi connectivity index (χ3v) is 5.52. The fourth-order valence-corrected chi connectivity index (χ4v) is 4.31. The summed E-state index contributed by atoms with van der Waals surface area (Å²) in [5.74, 6) is -0.00537. The monoisotopic (exact) mass is 282 g/mol. The summed E-state index contributed by atoms with van der Waals surface area (Å²) in [6.07, 6.45) is -0.249. The van der Waals surface area contributed by atoms with Gasteiger partial charge in [-0.05, 0) is 24.7 Å². The number of rotatable bonds is 0. The van der Waals surface area contributed by atoms with Gasteiger partial charge in [-0.2, -0.15) is 0 Å². The van der Waals surface area contributed by atoms with Crippen molar-refractivity contribution in [2.75, 3.05) is 0 Å². The van der Waals surface area contributed by atoms with Crippen molar-refractivity contribution in [1.82, 2.24) is 0 Å². The van der Waals surface area contributed by atoms with E-state index >= 15 is 0 Å². The first-order chi connectivity index (χ1) is 9.33. The van der Waals surface area contributed by atoms with Gasteiger partial charge >= 0.3 is 5.97 Å². The molecule has 5 heteroatoms. The van der Waals surface area contributed by atoms with Crippen molar-refractivity contribution < 1.29 is 24.5 Å². The second kappa shape index (κ2) is 4.55. The molecular formula is C15H22O5. The summed E-state index contributed by atoms with van der Waals surface area (Å²) in [6.45, 7) is 7.91. The van der Waals surface area contributed by atoms with E-state index in [1.54, 1.807) is 0 Å². The Hall–Kier alpha value is -0.910. The number of hydrogen-bond acceptors (Lipinski definition) is 5. The molecule has 20 heavy (non-hydrogen) atoms. The highest BCUT2D eigenvalue weighted by Gasteiger charge is 2.56. The number of carbonyl (C=O) groups excluding carboxylic acids is 1. The number of hydrogen-bond donors (Lipinski definition) is 2. The van der Waals surface area contributed by atoms with Crippen LogP contribution in [0.15, 0.2) is 12.2 Å². The molecule has 0 spiro atoms. The predicted molar refractivity (Wildman–Crippen MR) is 70.2 cm³/mol. The molecule has 0 radical (unpaired) electrons. The van der Waals surface area contributed by atoms with Crippen LogP contribution in [0.1, 0.15) is 33.1 Å². The van der Waals surface area contributed by atoms with E-state index in [9.17, 15) is 15.0 Å². The second-order valence-electron chi connectivity index (χ2n) is 6.78. The smallest absolute Gasteiger partial charge is 0.334 e. The van der Waals surface area contributed by atoms with Gasteiger partial charge in [-0.1, -0.05) is 20.4 Å². The molecule has 2 heterocycles. The lowest BCUT2D eigenvalue weighted by Crippen LogP contribution is -2.51. The molecule has 2 aliphatic heterocycles. The van der Waals surface area contributed by atoms with Gasteiger partial charge in [0.25, 0.3) is 0 Å². The van der Waals surface area contributed by atoms with Crippen molar-refractivity contribution in [1.29, 1.82) is 0 Å². The van der Waals surface area contributed by atoms with Crippen LogP contribution >= 0.6 is 0 Å². The third-order valence-electron chi connectivity index (χ3n) is 5.52. The molecule has 7 atom stereocenters. The molecule has 0 bridgehead atoms. The molecule has 2 N–H and O–H groups in total. The zero-order valence-electron chi connectivity index (χ0n) is 11.9. The van der Waals surface area contributed by atoms with Crippen LogP contribution in [0.4, 0.5) is 0 Å². The molecule has 3 aliphatic rings. The van der Waals surface area contributed by atoms with E-state index in [2.05, 4.69) is 13.5 Å². The Morgan fingerprint density at radius 1 is 1.35 bits per heavy atom. The molecule has 3 rings (SSSR count). The number of carbonyl (C=O) groups is 1. The van der Waals surface area contributed by atoms with Gasteiger partial charge in [-0.15, -0.1) is 0 Å². The molecule has 2 saturated heterocycles. The van der Waals surface area contributed by atoms with E-state index in [1.807, 2.05) is 6.92 Å². The number of aliphatic hydroxyl groups is 2. The van der Waals surface area contributed by atoms with Gasteiger partial charge in [0.05, 0.1) is 0 Å². The average Bonchev–Trinajstić information content (AvgIpc) is 2.55. The zero-order valence-corrected chi connectivity index (χ0v) is 11.9. The number of fused-ring (bicyclic) bond motifs is 2. The van der Waals surface area contributed by atoms with E-state index in [-0.39, 0.29) is 29.8 Å². The lowest BCUT2D eigenvalue weighted by molar-refractivity contribution is -0.304. The first-order valence-corrected chi connectivity index (χ1v) is 7.24. The Morgan fingerprint density at radius 3 is 2.75 bits per heavy atom. The maximum atomic E-state index is 11.7. The van der Waals surface area contributed by atoms with Crippen molar-refractivity contribution >= 4 is 5.97 Å². The Labute approximate surface area is 118 Å². The minimum atomic E-state index is -1.03. The topological polar surface area (TPSA) is 76.0 Å². The normalized spacial score (nSPS) is 52.0. The van der Waals surface area contributed by atoms with Gasteiger partial charge in [0, 0.05) is 23.3 Å². The fraction of sp³-hybridized carbons (Fsp3) is 0.800. The molecule has 1 saturated carbocycles. The van der Waals surface area contributed by atoms with Gasteiger partial charge in [0.1, 0.15) is 6.10 Å². The van der Waals surface area contributed by atoms with Crippen molar-refractivity contribution in [3.63, 3.8) is 0 Å². The van der Waals surface area contributed by atoms with Gasteiger partial charge in [-0.3, -0.25) is 0 Å². The Bertz CT molecular complexity index is 448. The first kappa shape index (κ1) is 14.0. The van der Waals surface area contributed by atoms with Crippen LogP contribution in [0.2, 0.25) is 0 Å². The van der Waals surface area contributed by atoms with Crippen molar-refractivity contribution in [3.8, 4) is 0 Å². The van der Waals surface area contributed by atoms with E-state index in [1.165, 1.54) is 0 Å². The largest absolute Gasteiger partial charge is 0.458 e. The molecule has 0 amide bonds. The van der Waals surface area contributed by atoms with Crippen LogP contribution in [-0.4, -0.2) is 34.9 Å². The van der Waals surface area contributed by atoms with Crippen LogP contribution in [0.3, 0.4) is 0 Å². The van der Waals surface area contributed by atoms with Gasteiger partial charge in [0.15, 0.2) is 12.6 Å². The van der Waals surface area contributed by atoms with Gasteiger partial charge < -0.3 is 19.7 Å². The molecule has 112 valence electrons. The summed E-state index contributed by atoms with van der Waals surface area (Å²) in [4.78, 5) is 11.7. The van der Waals surface area contributed by atoms with Crippen molar-refractivity contribution in [2.45, 2.75) is 51.8 Å². The average molecular weight is 282 g/mol. The molecule has 0 unspecified atom stereocenters. The van der Waals surface area contributed by atoms with Gasteiger partial charge in [-0.25, -0.2) is 4.79 Å². The number of ether oxygens (including phenoxy) is 2. The summed E-state index contributed by atoms with van der Waals surface area (Å²) < 4.78 is 10.6. The summed E-state index contributed by atoms with van der Waals surface area (Å²) in [7, 11) is 0. The highest BCUT2D eigenvalue weighted by atomic mass is 16.7. The summed E-state index contributed by atoms with van der Waals surface area (Å²) in [5.41, 5.74) is 0.0111. The SMILES string of the molecule is C=C1C(=O)O[C@@H]2C[C@@H](C)[C@@H]3C[C@H](O)O[C@H](O)[C@@]3(C)C[C@H]12. The molecule has 5 nitrogen and oxygen atoms in total. The molecule has 0 aromatic carbocycles. The molecule has 0 aromatic rings. The lowest BCUT2D eigenvalue weighted by atomic mass is 9.65. The minimum Gasteiger partial charge on any atom is -0.458 e. The van der Waals surface area contributed by atoms with E-state index in [0.717, 1.165) is 6.42 Å². The van der Waals surface area contributed by atoms with Crippen LogP contribution in [0.25, 0.3) is 0 Å². The van der Waals surface area contributed by atoms with E-state index in [4.69, 9.17) is 9.47 Å². The van der Waals surface area contributed by atoms with Crippen LogP contribution in [-0.2, 0) is 14.3 Å². The Morgan fingerprint density at radius 2 is 2.05 bits per heavy atom. The van der Waals surface area contributed by atoms with Crippen LogP contribution < -0.4 is 0 Å². The summed E-state index contributed by atoms with van der Waals surface area (Å²) >= 11 is 0. The molecule has 3 fully saturated rings. The first-order valence-electron chi connectivity index (χ1n) is 7.24. The van der Waals surface area contributed by atoms with Crippen molar-refractivity contribution in [3.05, 3.63) is 12.2 Å². The van der Waals surface area contributed by atoms with E-state index in [0.29, 0.717) is 18.4 Å². The lowest BCUT2D eigenvalue weighted by Gasteiger charge is -2.48. The summed E-state index contributed by atoms with van der Waals surface area (Å²) in [6, 6.07) is 0. The number of aliphatic hydroxyl groups excluding tert-OH is 2.